The number of amidine groups is 1. The highest BCUT2D eigenvalue weighted by Crippen LogP contribution is 2.63. The molecule has 0 fully saturated rings. The lowest BCUT2D eigenvalue weighted by atomic mass is 9.70. The maximum Gasteiger partial charge on any atom is 0.159 e. The highest BCUT2D eigenvalue weighted by molar-refractivity contribution is 6.04. The number of benzene rings is 7. The molecule has 0 saturated heterocycles. The van der Waals surface area contributed by atoms with E-state index in [9.17, 15) is 5.41 Å². The van der Waals surface area contributed by atoms with E-state index >= 15 is 0 Å². The number of nitrogens with zero attached hydrogens (tertiary/aromatic N) is 2. The van der Waals surface area contributed by atoms with Crippen molar-refractivity contribution in [2.45, 2.75) is 5.41 Å². The molecule has 0 saturated carbocycles. The molecule has 0 unspecified atom stereocenters. The van der Waals surface area contributed by atoms with Gasteiger partial charge in [0.1, 0.15) is 5.69 Å². The first kappa shape index (κ1) is 28.4. The van der Waals surface area contributed by atoms with Gasteiger partial charge in [-0.1, -0.05) is 152 Å². The van der Waals surface area contributed by atoms with E-state index in [1.54, 1.807) is 0 Å². The van der Waals surface area contributed by atoms with Gasteiger partial charge in [-0.15, -0.1) is 0 Å². The molecule has 1 aromatic heterocycles. The van der Waals surface area contributed by atoms with Crippen LogP contribution in [-0.4, -0.2) is 15.8 Å². The van der Waals surface area contributed by atoms with E-state index in [2.05, 4.69) is 102 Å². The molecule has 7 aromatic carbocycles. The predicted octanol–water partition coefficient (Wildman–Crippen LogP) is 10.2. The monoisotopic (exact) mass is 638 g/mol. The molecule has 1 heterocycles. The Labute approximate surface area is 289 Å². The lowest BCUT2D eigenvalue weighted by Gasteiger charge is -2.30. The van der Waals surface area contributed by atoms with Crippen LogP contribution in [0.25, 0.3) is 55.7 Å². The van der Waals surface area contributed by atoms with Gasteiger partial charge in [-0.3, -0.25) is 5.41 Å². The van der Waals surface area contributed by atoms with E-state index < -0.39 is 5.41 Å². The highest BCUT2D eigenvalue weighted by atomic mass is 14.9. The second kappa shape index (κ2) is 10.9. The minimum atomic E-state index is -0.432. The Morgan fingerprint density at radius 1 is 0.500 bits per heavy atom. The van der Waals surface area contributed by atoms with Gasteiger partial charge in [0.25, 0.3) is 0 Å². The molecule has 2 N–H and O–H groups in total. The Balaban J connectivity index is 1.17. The van der Waals surface area contributed by atoms with Gasteiger partial charge in [-0.2, -0.15) is 0 Å². The van der Waals surface area contributed by atoms with Crippen molar-refractivity contribution in [1.29, 1.82) is 5.41 Å². The van der Waals surface area contributed by atoms with E-state index in [4.69, 9.17) is 9.98 Å². The molecule has 0 amide bonds. The van der Waals surface area contributed by atoms with Crippen molar-refractivity contribution < 1.29 is 0 Å². The Morgan fingerprint density at radius 3 is 1.72 bits per heavy atom. The molecule has 0 radical (unpaired) electrons. The molecule has 0 atom stereocenters. The van der Waals surface area contributed by atoms with Gasteiger partial charge in [0.2, 0.25) is 0 Å². The molecule has 0 aliphatic heterocycles. The summed E-state index contributed by atoms with van der Waals surface area (Å²) in [6, 6.07) is 59.5. The SMILES string of the molecule is N=C(N=c1[nH]c2ccccc2nc1-c1ccccc1)c1ccccc1-c1ccc2c(c1)C1(c3ccccc3-c3ccccc31)c1ccccc1-2. The normalized spacial score (nSPS) is 13.6. The van der Waals surface area contributed by atoms with Crippen LogP contribution in [0, 0.1) is 5.41 Å². The summed E-state index contributed by atoms with van der Waals surface area (Å²) in [6.45, 7) is 0. The van der Waals surface area contributed by atoms with Crippen LogP contribution in [0.15, 0.2) is 175 Å². The largest absolute Gasteiger partial charge is 0.337 e. The summed E-state index contributed by atoms with van der Waals surface area (Å²) in [5.41, 5.74) is 16.5. The molecule has 4 heteroatoms. The van der Waals surface area contributed by atoms with Gasteiger partial charge in [0, 0.05) is 11.1 Å². The second-order valence-electron chi connectivity index (χ2n) is 13.0. The summed E-state index contributed by atoms with van der Waals surface area (Å²) >= 11 is 0. The molecule has 4 nitrogen and oxygen atoms in total. The number of rotatable bonds is 3. The van der Waals surface area contributed by atoms with Crippen molar-refractivity contribution in [3.63, 3.8) is 0 Å². The summed E-state index contributed by atoms with van der Waals surface area (Å²) in [5, 5.41) is 9.42. The molecule has 0 bridgehead atoms. The van der Waals surface area contributed by atoms with Gasteiger partial charge in [-0.25, -0.2) is 9.98 Å². The Kier molecular flexibility index (Phi) is 6.21. The number of hydrogen-bond donors (Lipinski definition) is 2. The van der Waals surface area contributed by atoms with Crippen LogP contribution < -0.4 is 5.49 Å². The van der Waals surface area contributed by atoms with Crippen LogP contribution in [-0.2, 0) is 5.41 Å². The number of para-hydroxylation sites is 2. The molecule has 2 aliphatic carbocycles. The molecule has 234 valence electrons. The van der Waals surface area contributed by atoms with Gasteiger partial charge < -0.3 is 4.98 Å². The number of H-pyrrole nitrogens is 1. The minimum Gasteiger partial charge on any atom is -0.337 e. The number of aromatic amines is 1. The zero-order chi connectivity index (χ0) is 33.2. The number of nitrogens with one attached hydrogen (secondary N) is 2. The fourth-order valence-corrected chi connectivity index (χ4v) is 8.29. The topological polar surface area (TPSA) is 64.9 Å². The zero-order valence-corrected chi connectivity index (χ0v) is 27.1. The second-order valence-corrected chi connectivity index (χ2v) is 13.0. The maximum atomic E-state index is 9.42. The van der Waals surface area contributed by atoms with E-state index in [1.165, 1.54) is 44.5 Å². The van der Waals surface area contributed by atoms with E-state index in [-0.39, 0.29) is 5.84 Å². The van der Waals surface area contributed by atoms with Crippen LogP contribution in [0.1, 0.15) is 27.8 Å². The quantitative estimate of drug-likeness (QED) is 0.147. The van der Waals surface area contributed by atoms with Gasteiger partial charge in [0.05, 0.1) is 16.4 Å². The fourth-order valence-electron chi connectivity index (χ4n) is 8.29. The van der Waals surface area contributed by atoms with Gasteiger partial charge in [-0.05, 0) is 73.8 Å². The van der Waals surface area contributed by atoms with Crippen LogP contribution in [0.5, 0.6) is 0 Å². The van der Waals surface area contributed by atoms with Crippen molar-refractivity contribution in [1.82, 2.24) is 9.97 Å². The van der Waals surface area contributed by atoms with Gasteiger partial charge in [0.15, 0.2) is 11.3 Å². The standard InChI is InChI=1S/C46H30N4/c47-44(50-45-43(29-14-2-1-3-15-29)48-41-24-12-13-25-42(41)49-45)36-20-5-4-16-31(36)30-26-27-35-34-19-8-11-23-39(34)46(40(35)28-30)37-21-9-6-17-32(37)33-18-7-10-22-38(33)46/h1-28H,(H2,47,49,50). The molecule has 2 aliphatic rings. The van der Waals surface area contributed by atoms with Crippen molar-refractivity contribution in [2.24, 2.45) is 4.99 Å². The Bertz CT molecular complexity index is 2670. The number of fused-ring (bicyclic) bond motifs is 11. The molecule has 50 heavy (non-hydrogen) atoms. The van der Waals surface area contributed by atoms with E-state index in [0.717, 1.165) is 33.3 Å². The number of aromatic nitrogens is 2. The average Bonchev–Trinajstić information content (AvgIpc) is 3.65. The first-order valence-electron chi connectivity index (χ1n) is 16.9. The van der Waals surface area contributed by atoms with Crippen molar-refractivity contribution in [3.05, 3.63) is 203 Å². The summed E-state index contributed by atoms with van der Waals surface area (Å²) in [7, 11) is 0. The Morgan fingerprint density at radius 2 is 1.04 bits per heavy atom. The number of hydrogen-bond acceptors (Lipinski definition) is 2. The fraction of sp³-hybridized carbons (Fsp3) is 0.0217. The molecule has 1 spiro atoms. The Hall–Kier alpha value is -6.65. The van der Waals surface area contributed by atoms with Gasteiger partial charge >= 0.3 is 0 Å². The van der Waals surface area contributed by atoms with Crippen molar-refractivity contribution in [3.8, 4) is 44.6 Å². The lowest BCUT2D eigenvalue weighted by Crippen LogP contribution is -2.25. The third kappa shape index (κ3) is 4.02. The summed E-state index contributed by atoms with van der Waals surface area (Å²) in [6.07, 6.45) is 0. The minimum absolute atomic E-state index is 0.168. The summed E-state index contributed by atoms with van der Waals surface area (Å²) in [5.74, 6) is 0.168. The summed E-state index contributed by atoms with van der Waals surface area (Å²) < 4.78 is 0. The van der Waals surface area contributed by atoms with Crippen LogP contribution >= 0.6 is 0 Å². The maximum absolute atomic E-state index is 9.42. The highest BCUT2D eigenvalue weighted by Gasteiger charge is 2.51. The van der Waals surface area contributed by atoms with Crippen LogP contribution in [0.3, 0.4) is 0 Å². The first-order valence-corrected chi connectivity index (χ1v) is 16.9. The molecular formula is C46H30N4. The van der Waals surface area contributed by atoms with E-state index in [0.29, 0.717) is 11.2 Å². The predicted molar refractivity (Wildman–Crippen MR) is 202 cm³/mol. The summed E-state index contributed by atoms with van der Waals surface area (Å²) in [4.78, 5) is 13.4. The molecule has 8 aromatic rings. The van der Waals surface area contributed by atoms with Crippen molar-refractivity contribution in [2.75, 3.05) is 0 Å². The third-order valence-electron chi connectivity index (χ3n) is 10.4. The van der Waals surface area contributed by atoms with Crippen LogP contribution in [0.2, 0.25) is 0 Å². The lowest BCUT2D eigenvalue weighted by molar-refractivity contribution is 0.794. The van der Waals surface area contributed by atoms with E-state index in [1.807, 2.05) is 72.8 Å². The first-order chi connectivity index (χ1) is 24.7. The van der Waals surface area contributed by atoms with Crippen LogP contribution in [0.4, 0.5) is 0 Å². The van der Waals surface area contributed by atoms with Crippen molar-refractivity contribution >= 4 is 16.9 Å². The smallest absolute Gasteiger partial charge is 0.159 e. The zero-order valence-electron chi connectivity index (χ0n) is 27.1. The molecular weight excluding hydrogens is 609 g/mol. The molecule has 10 rings (SSSR count). The third-order valence-corrected chi connectivity index (χ3v) is 10.4. The average molecular weight is 639 g/mol.